The number of nitriles is 1. The SMILES string of the molecule is Cc1cc(-c2cc(C(F)(F)F)c(C#N)c(SCC(=O)Nc3ccccc3)n2)ccc1OCCC(C)C. The van der Waals surface area contributed by atoms with Crippen molar-refractivity contribution < 1.29 is 22.7 Å². The summed E-state index contributed by atoms with van der Waals surface area (Å²) in [6.45, 7) is 6.53. The minimum absolute atomic E-state index is 0.0594. The summed E-state index contributed by atoms with van der Waals surface area (Å²) in [6.07, 6.45) is -3.88. The number of rotatable bonds is 9. The van der Waals surface area contributed by atoms with Gasteiger partial charge in [-0.15, -0.1) is 0 Å². The highest BCUT2D eigenvalue weighted by Crippen LogP contribution is 2.38. The summed E-state index contributed by atoms with van der Waals surface area (Å²) >= 11 is 0.789. The van der Waals surface area contributed by atoms with Crippen LogP contribution in [0.5, 0.6) is 5.75 Å². The Balaban J connectivity index is 1.90. The Morgan fingerprint density at radius 2 is 1.89 bits per heavy atom. The lowest BCUT2D eigenvalue weighted by atomic mass is 10.0. The molecule has 0 unspecified atom stereocenters. The summed E-state index contributed by atoms with van der Waals surface area (Å²) in [5, 5.41) is 12.0. The van der Waals surface area contributed by atoms with Crippen LogP contribution in [0, 0.1) is 24.2 Å². The first-order chi connectivity index (χ1) is 17.1. The van der Waals surface area contributed by atoms with Gasteiger partial charge < -0.3 is 10.1 Å². The van der Waals surface area contributed by atoms with Crippen LogP contribution in [0.4, 0.5) is 18.9 Å². The zero-order chi connectivity index (χ0) is 26.3. The normalized spacial score (nSPS) is 11.3. The van der Waals surface area contributed by atoms with Crippen molar-refractivity contribution in [1.29, 1.82) is 5.26 Å². The number of hydrogen-bond donors (Lipinski definition) is 1. The van der Waals surface area contributed by atoms with E-state index in [-0.39, 0.29) is 16.5 Å². The van der Waals surface area contributed by atoms with E-state index in [9.17, 15) is 23.2 Å². The van der Waals surface area contributed by atoms with Gasteiger partial charge in [-0.3, -0.25) is 4.79 Å². The van der Waals surface area contributed by atoms with Crippen LogP contribution in [0.15, 0.2) is 59.6 Å². The van der Waals surface area contributed by atoms with Crippen molar-refractivity contribution in [2.75, 3.05) is 17.7 Å². The first-order valence-electron chi connectivity index (χ1n) is 11.3. The molecule has 0 aliphatic rings. The third kappa shape index (κ3) is 7.25. The second-order valence-corrected chi connectivity index (χ2v) is 9.52. The van der Waals surface area contributed by atoms with Gasteiger partial charge >= 0.3 is 6.18 Å². The van der Waals surface area contributed by atoms with E-state index in [1.165, 1.54) is 0 Å². The molecule has 1 amide bonds. The fourth-order valence-corrected chi connectivity index (χ4v) is 4.14. The Hall–Kier alpha value is -3.51. The summed E-state index contributed by atoms with van der Waals surface area (Å²) in [7, 11) is 0. The van der Waals surface area contributed by atoms with Crippen LogP contribution in [-0.4, -0.2) is 23.3 Å². The van der Waals surface area contributed by atoms with E-state index >= 15 is 0 Å². The molecular formula is C27H26F3N3O2S. The molecule has 36 heavy (non-hydrogen) atoms. The van der Waals surface area contributed by atoms with E-state index in [4.69, 9.17) is 4.74 Å². The van der Waals surface area contributed by atoms with Gasteiger partial charge in [0.2, 0.25) is 5.91 Å². The lowest BCUT2D eigenvalue weighted by molar-refractivity contribution is -0.138. The van der Waals surface area contributed by atoms with Crippen LogP contribution in [0.25, 0.3) is 11.3 Å². The third-order valence-electron chi connectivity index (χ3n) is 5.22. The van der Waals surface area contributed by atoms with Gasteiger partial charge in [0.05, 0.1) is 29.2 Å². The summed E-state index contributed by atoms with van der Waals surface area (Å²) in [6, 6.07) is 16.2. The zero-order valence-electron chi connectivity index (χ0n) is 20.1. The molecule has 9 heteroatoms. The average molecular weight is 514 g/mol. The molecule has 0 fully saturated rings. The van der Waals surface area contributed by atoms with Gasteiger partial charge in [-0.05, 0) is 61.2 Å². The molecule has 0 aliphatic carbocycles. The van der Waals surface area contributed by atoms with E-state index in [0.717, 1.165) is 29.8 Å². The second kappa shape index (κ2) is 12.0. The molecule has 0 bridgehead atoms. The molecular weight excluding hydrogens is 487 g/mol. The van der Waals surface area contributed by atoms with Crippen molar-refractivity contribution in [2.24, 2.45) is 5.92 Å². The van der Waals surface area contributed by atoms with Gasteiger partial charge in [0, 0.05) is 11.3 Å². The van der Waals surface area contributed by atoms with Crippen molar-refractivity contribution in [2.45, 2.75) is 38.4 Å². The molecule has 1 aromatic heterocycles. The number of halogens is 3. The zero-order valence-corrected chi connectivity index (χ0v) is 21.0. The van der Waals surface area contributed by atoms with Gasteiger partial charge in [0.1, 0.15) is 16.8 Å². The number of nitrogens with zero attached hydrogens (tertiary/aromatic N) is 2. The third-order valence-corrected chi connectivity index (χ3v) is 6.20. The molecule has 3 aromatic rings. The number of benzene rings is 2. The van der Waals surface area contributed by atoms with E-state index in [2.05, 4.69) is 24.1 Å². The Morgan fingerprint density at radius 1 is 1.17 bits per heavy atom. The Labute approximate surface area is 212 Å². The number of aryl methyl sites for hydroxylation is 1. The number of carbonyl (C=O) groups is 1. The number of pyridine rings is 1. The number of para-hydroxylation sites is 1. The predicted octanol–water partition coefficient (Wildman–Crippen LogP) is 7.10. The molecule has 188 valence electrons. The molecule has 1 N–H and O–H groups in total. The number of ether oxygens (including phenoxy) is 1. The quantitative estimate of drug-likeness (QED) is 0.309. The number of amides is 1. The number of alkyl halides is 3. The second-order valence-electron chi connectivity index (χ2n) is 8.56. The number of hydrogen-bond acceptors (Lipinski definition) is 5. The first kappa shape index (κ1) is 27.1. The van der Waals surface area contributed by atoms with Gasteiger partial charge in [0.25, 0.3) is 0 Å². The van der Waals surface area contributed by atoms with Gasteiger partial charge in [0.15, 0.2) is 0 Å². The van der Waals surface area contributed by atoms with Crippen molar-refractivity contribution in [3.05, 3.63) is 71.3 Å². The monoisotopic (exact) mass is 513 g/mol. The maximum Gasteiger partial charge on any atom is 0.417 e. The highest BCUT2D eigenvalue weighted by atomic mass is 32.2. The summed E-state index contributed by atoms with van der Waals surface area (Å²) in [5.41, 5.74) is 0.142. The van der Waals surface area contributed by atoms with Crippen LogP contribution >= 0.6 is 11.8 Å². The number of aromatic nitrogens is 1. The minimum atomic E-state index is -4.76. The minimum Gasteiger partial charge on any atom is -0.493 e. The van der Waals surface area contributed by atoms with Crippen molar-refractivity contribution in [3.8, 4) is 23.1 Å². The number of nitrogens with one attached hydrogen (secondary N) is 1. The molecule has 0 spiro atoms. The number of thioether (sulfide) groups is 1. The lowest BCUT2D eigenvalue weighted by Crippen LogP contribution is -2.15. The molecule has 2 aromatic carbocycles. The average Bonchev–Trinajstić information content (AvgIpc) is 2.83. The Kier molecular flexibility index (Phi) is 8.99. The van der Waals surface area contributed by atoms with Gasteiger partial charge in [-0.25, -0.2) is 4.98 Å². The fraction of sp³-hybridized carbons (Fsp3) is 0.296. The molecule has 0 aliphatic heterocycles. The molecule has 5 nitrogen and oxygen atoms in total. The lowest BCUT2D eigenvalue weighted by Gasteiger charge is -2.15. The predicted molar refractivity (Wildman–Crippen MR) is 135 cm³/mol. The molecule has 0 atom stereocenters. The van der Waals surface area contributed by atoms with E-state index in [0.29, 0.717) is 29.5 Å². The van der Waals surface area contributed by atoms with E-state index in [1.807, 2.05) is 6.92 Å². The van der Waals surface area contributed by atoms with Crippen LogP contribution in [0.2, 0.25) is 0 Å². The molecule has 3 rings (SSSR count). The summed E-state index contributed by atoms with van der Waals surface area (Å²) < 4.78 is 47.4. The Bertz CT molecular complexity index is 1260. The molecule has 0 saturated heterocycles. The van der Waals surface area contributed by atoms with E-state index < -0.39 is 23.2 Å². The molecule has 1 heterocycles. The van der Waals surface area contributed by atoms with Crippen molar-refractivity contribution in [3.63, 3.8) is 0 Å². The maximum absolute atomic E-state index is 13.9. The largest absolute Gasteiger partial charge is 0.493 e. The fourth-order valence-electron chi connectivity index (χ4n) is 3.33. The van der Waals surface area contributed by atoms with Gasteiger partial charge in [-0.1, -0.05) is 43.8 Å². The van der Waals surface area contributed by atoms with Crippen LogP contribution in [0.3, 0.4) is 0 Å². The van der Waals surface area contributed by atoms with Crippen molar-refractivity contribution in [1.82, 2.24) is 4.98 Å². The van der Waals surface area contributed by atoms with Crippen molar-refractivity contribution >= 4 is 23.4 Å². The van der Waals surface area contributed by atoms with Gasteiger partial charge in [-0.2, -0.15) is 18.4 Å². The van der Waals surface area contributed by atoms with Crippen LogP contribution in [0.1, 0.15) is 37.0 Å². The number of anilines is 1. The maximum atomic E-state index is 13.9. The van der Waals surface area contributed by atoms with Crippen LogP contribution < -0.4 is 10.1 Å². The first-order valence-corrected chi connectivity index (χ1v) is 12.3. The standard InChI is InChI=1S/C27H26F3N3O2S/c1-17(2)11-12-35-24-10-9-19(13-18(24)3)23-14-22(27(28,29)30)21(15-31)26(33-23)36-16-25(34)32-20-7-5-4-6-8-20/h4-10,13-14,17H,11-12,16H2,1-3H3,(H,32,34). The highest BCUT2D eigenvalue weighted by Gasteiger charge is 2.36. The summed E-state index contributed by atoms with van der Waals surface area (Å²) in [5.74, 6) is 0.503. The topological polar surface area (TPSA) is 75.0 Å². The molecule has 0 saturated carbocycles. The highest BCUT2D eigenvalue weighted by molar-refractivity contribution is 8.00. The number of carbonyl (C=O) groups excluding carboxylic acids is 1. The molecule has 0 radical (unpaired) electrons. The Morgan fingerprint density at radius 3 is 2.50 bits per heavy atom. The van der Waals surface area contributed by atoms with Crippen LogP contribution in [-0.2, 0) is 11.0 Å². The summed E-state index contributed by atoms with van der Waals surface area (Å²) in [4.78, 5) is 16.7. The van der Waals surface area contributed by atoms with E-state index in [1.54, 1.807) is 54.6 Å². The smallest absolute Gasteiger partial charge is 0.417 e.